The minimum Gasteiger partial charge on any atom is -0.352 e. The topological polar surface area (TPSA) is 33.1 Å². The Morgan fingerprint density at radius 1 is 0.893 bits per heavy atom. The smallest absolute Gasteiger partial charge is 0.170 e. The van der Waals surface area contributed by atoms with Crippen LogP contribution in [0, 0.1) is 0 Å². The molecule has 0 bridgehead atoms. The Bertz CT molecular complexity index is 805. The summed E-state index contributed by atoms with van der Waals surface area (Å²) in [6, 6.07) is 12.3. The summed E-state index contributed by atoms with van der Waals surface area (Å²) in [5.41, 5.74) is 2.49. The van der Waals surface area contributed by atoms with Gasteiger partial charge >= 0.3 is 0 Å². The number of rotatable bonds is 4. The van der Waals surface area contributed by atoms with Crippen LogP contribution in [0.5, 0.6) is 0 Å². The van der Waals surface area contributed by atoms with Gasteiger partial charge in [0.1, 0.15) is 0 Å². The van der Waals surface area contributed by atoms with Gasteiger partial charge in [-0.1, -0.05) is 38.2 Å². The number of hydrogen-bond donors (Lipinski definition) is 1. The lowest BCUT2D eigenvalue weighted by molar-refractivity contribution is 0.227. The summed E-state index contributed by atoms with van der Waals surface area (Å²) in [7, 11) is 0. The molecule has 1 saturated heterocycles. The molecule has 2 aliphatic carbocycles. The highest BCUT2D eigenvalue weighted by Crippen LogP contribution is 2.44. The van der Waals surface area contributed by atoms with E-state index in [1.54, 1.807) is 0 Å². The third-order valence-corrected chi connectivity index (χ3v) is 7.26. The zero-order chi connectivity index (χ0) is 18.9. The Morgan fingerprint density at radius 2 is 1.64 bits per heavy atom. The van der Waals surface area contributed by atoms with E-state index in [1.165, 1.54) is 63.5 Å². The van der Waals surface area contributed by atoms with Crippen LogP contribution in [-0.4, -0.2) is 25.6 Å². The van der Waals surface area contributed by atoms with Crippen LogP contribution in [0.1, 0.15) is 87.3 Å². The average molecular weight is 395 g/mol. The van der Waals surface area contributed by atoms with E-state index in [-0.39, 0.29) is 12.1 Å². The molecule has 5 heteroatoms. The van der Waals surface area contributed by atoms with Gasteiger partial charge in [0, 0.05) is 30.2 Å². The molecule has 5 rings (SSSR count). The van der Waals surface area contributed by atoms with Crippen LogP contribution in [0.25, 0.3) is 0 Å². The molecular formula is C23H30N4S. The van der Waals surface area contributed by atoms with E-state index in [1.807, 2.05) is 12.3 Å². The number of hydrogen-bond acceptors (Lipinski definition) is 2. The van der Waals surface area contributed by atoms with E-state index < -0.39 is 0 Å². The maximum absolute atomic E-state index is 5.88. The van der Waals surface area contributed by atoms with Gasteiger partial charge in [-0.05, 0) is 62.2 Å². The summed E-state index contributed by atoms with van der Waals surface area (Å²) < 4.78 is 2.57. The van der Waals surface area contributed by atoms with Gasteiger partial charge in [0.15, 0.2) is 5.11 Å². The second-order valence-electron chi connectivity index (χ2n) is 8.60. The van der Waals surface area contributed by atoms with Crippen molar-refractivity contribution in [1.82, 2.24) is 19.8 Å². The van der Waals surface area contributed by atoms with Gasteiger partial charge in [-0.3, -0.25) is 4.98 Å². The normalized spacial score (nSPS) is 26.7. The minimum atomic E-state index is 0.117. The van der Waals surface area contributed by atoms with E-state index in [4.69, 9.17) is 17.2 Å². The van der Waals surface area contributed by atoms with E-state index in [2.05, 4.69) is 45.2 Å². The van der Waals surface area contributed by atoms with Crippen LogP contribution in [0.4, 0.5) is 0 Å². The number of pyridine rings is 1. The van der Waals surface area contributed by atoms with Gasteiger partial charge in [-0.25, -0.2) is 0 Å². The molecule has 3 fully saturated rings. The van der Waals surface area contributed by atoms with Crippen molar-refractivity contribution in [2.45, 2.75) is 82.0 Å². The number of thiocarbonyl (C=S) groups is 1. The first kappa shape index (κ1) is 18.2. The molecule has 2 atom stereocenters. The van der Waals surface area contributed by atoms with E-state index in [9.17, 15) is 0 Å². The Balaban J connectivity index is 1.55. The molecule has 0 spiro atoms. The lowest BCUT2D eigenvalue weighted by Gasteiger charge is -2.35. The monoisotopic (exact) mass is 394 g/mol. The molecule has 1 aliphatic heterocycles. The SMILES string of the molecule is S=C1N[C@@H](c2ccccn2)[C@H](c2cccn2C2CCCCC2)N1C1CCCC1. The van der Waals surface area contributed by atoms with Crippen molar-refractivity contribution in [2.24, 2.45) is 0 Å². The van der Waals surface area contributed by atoms with Crippen LogP contribution >= 0.6 is 12.2 Å². The fourth-order valence-electron chi connectivity index (χ4n) is 5.61. The van der Waals surface area contributed by atoms with Gasteiger partial charge in [-0.15, -0.1) is 0 Å². The van der Waals surface area contributed by atoms with Gasteiger partial charge in [0.25, 0.3) is 0 Å². The molecule has 2 aromatic heterocycles. The summed E-state index contributed by atoms with van der Waals surface area (Å²) >= 11 is 5.88. The quantitative estimate of drug-likeness (QED) is 0.713. The molecule has 28 heavy (non-hydrogen) atoms. The molecule has 2 aromatic rings. The molecule has 3 heterocycles. The predicted octanol–water partition coefficient (Wildman–Crippen LogP) is 5.30. The lowest BCUT2D eigenvalue weighted by Crippen LogP contribution is -2.38. The number of nitrogens with one attached hydrogen (secondary N) is 1. The van der Waals surface area contributed by atoms with Crippen molar-refractivity contribution >= 4 is 17.3 Å². The third-order valence-electron chi connectivity index (χ3n) is 6.94. The summed E-state index contributed by atoms with van der Waals surface area (Å²) in [6.45, 7) is 0. The maximum Gasteiger partial charge on any atom is 0.170 e. The van der Waals surface area contributed by atoms with Crippen molar-refractivity contribution in [3.63, 3.8) is 0 Å². The van der Waals surface area contributed by atoms with E-state index in [0.717, 1.165) is 10.8 Å². The summed E-state index contributed by atoms with van der Waals surface area (Å²) in [4.78, 5) is 7.22. The Morgan fingerprint density at radius 3 is 2.39 bits per heavy atom. The molecule has 0 amide bonds. The average Bonchev–Trinajstić information content (AvgIpc) is 3.48. The largest absolute Gasteiger partial charge is 0.352 e. The Kier molecular flexibility index (Phi) is 5.10. The predicted molar refractivity (Wildman–Crippen MR) is 116 cm³/mol. The molecule has 2 saturated carbocycles. The highest BCUT2D eigenvalue weighted by molar-refractivity contribution is 7.80. The molecular weight excluding hydrogens is 364 g/mol. The molecule has 148 valence electrons. The zero-order valence-corrected chi connectivity index (χ0v) is 17.3. The molecule has 0 unspecified atom stereocenters. The molecule has 1 N–H and O–H groups in total. The standard InChI is InChI=1S/C23H30N4S/c28-23-25-21(19-13-6-7-15-24-19)22(27(23)18-11-4-5-12-18)20-14-8-16-26(20)17-9-2-1-3-10-17/h6-8,13-18,21-22H,1-5,9-12H2,(H,25,28)/t21-,22-/m0/s1. The first-order valence-electron chi connectivity index (χ1n) is 11.0. The van der Waals surface area contributed by atoms with Crippen molar-refractivity contribution in [3.05, 3.63) is 54.1 Å². The number of nitrogens with zero attached hydrogens (tertiary/aromatic N) is 3. The second kappa shape index (κ2) is 7.86. The maximum atomic E-state index is 5.88. The first-order chi connectivity index (χ1) is 13.8. The molecule has 0 aromatic carbocycles. The Hall–Kier alpha value is -1.88. The lowest BCUT2D eigenvalue weighted by atomic mass is 9.94. The molecule has 3 aliphatic rings. The van der Waals surface area contributed by atoms with Gasteiger partial charge < -0.3 is 14.8 Å². The van der Waals surface area contributed by atoms with Crippen LogP contribution < -0.4 is 5.32 Å². The van der Waals surface area contributed by atoms with Crippen LogP contribution in [0.2, 0.25) is 0 Å². The Labute approximate surface area is 173 Å². The van der Waals surface area contributed by atoms with Crippen LogP contribution in [-0.2, 0) is 0 Å². The van der Waals surface area contributed by atoms with Gasteiger partial charge in [0.2, 0.25) is 0 Å². The van der Waals surface area contributed by atoms with Crippen molar-refractivity contribution in [1.29, 1.82) is 0 Å². The van der Waals surface area contributed by atoms with Crippen molar-refractivity contribution in [3.8, 4) is 0 Å². The molecule has 4 nitrogen and oxygen atoms in total. The summed E-state index contributed by atoms with van der Waals surface area (Å²) in [6.07, 6.45) is 16.0. The van der Waals surface area contributed by atoms with Crippen molar-refractivity contribution in [2.75, 3.05) is 0 Å². The fraction of sp³-hybridized carbons (Fsp3) is 0.565. The number of aromatic nitrogens is 2. The van der Waals surface area contributed by atoms with E-state index >= 15 is 0 Å². The van der Waals surface area contributed by atoms with Crippen LogP contribution in [0.3, 0.4) is 0 Å². The summed E-state index contributed by atoms with van der Waals surface area (Å²) in [5.74, 6) is 0. The second-order valence-corrected chi connectivity index (χ2v) is 8.99. The summed E-state index contributed by atoms with van der Waals surface area (Å²) in [5, 5.41) is 4.55. The minimum absolute atomic E-state index is 0.117. The van der Waals surface area contributed by atoms with Gasteiger partial charge in [-0.2, -0.15) is 0 Å². The van der Waals surface area contributed by atoms with Crippen LogP contribution in [0.15, 0.2) is 42.7 Å². The zero-order valence-electron chi connectivity index (χ0n) is 16.5. The first-order valence-corrected chi connectivity index (χ1v) is 11.4. The van der Waals surface area contributed by atoms with Crippen molar-refractivity contribution < 1.29 is 0 Å². The van der Waals surface area contributed by atoms with Gasteiger partial charge in [0.05, 0.1) is 17.8 Å². The van der Waals surface area contributed by atoms with E-state index in [0.29, 0.717) is 12.1 Å². The highest BCUT2D eigenvalue weighted by Gasteiger charge is 2.45. The molecule has 0 radical (unpaired) electrons. The third kappa shape index (κ3) is 3.24. The highest BCUT2D eigenvalue weighted by atomic mass is 32.1. The fourth-order valence-corrected chi connectivity index (χ4v) is 6.00.